The van der Waals surface area contributed by atoms with E-state index in [1.807, 2.05) is 17.5 Å². The van der Waals surface area contributed by atoms with E-state index in [4.69, 9.17) is 22.1 Å². The molecule has 0 saturated heterocycles. The maximum atomic E-state index is 11.6. The van der Waals surface area contributed by atoms with Gasteiger partial charge in [0, 0.05) is 10.6 Å². The average molecular weight is 297 g/mol. The number of ether oxygens (including phenoxy) is 1. The number of amides is 1. The molecule has 3 N–H and O–H groups in total. The second-order valence-electron chi connectivity index (χ2n) is 3.86. The van der Waals surface area contributed by atoms with Crippen LogP contribution in [0.3, 0.4) is 0 Å². The molecule has 2 aromatic rings. The van der Waals surface area contributed by atoms with E-state index in [1.54, 1.807) is 29.5 Å². The number of nitrogens with two attached hydrogens (primary N) is 1. The largest absolute Gasteiger partial charge is 0.397 e. The summed E-state index contributed by atoms with van der Waals surface area (Å²) >= 11 is 7.39. The zero-order valence-corrected chi connectivity index (χ0v) is 11.6. The second kappa shape index (κ2) is 6.56. The van der Waals surface area contributed by atoms with Crippen molar-refractivity contribution in [2.24, 2.45) is 0 Å². The Balaban J connectivity index is 1.79. The van der Waals surface area contributed by atoms with Crippen LogP contribution >= 0.6 is 22.9 Å². The number of nitrogens with one attached hydrogen (secondary N) is 1. The van der Waals surface area contributed by atoms with Gasteiger partial charge in [-0.05, 0) is 29.6 Å². The van der Waals surface area contributed by atoms with E-state index in [-0.39, 0.29) is 12.5 Å². The average Bonchev–Trinajstić information content (AvgIpc) is 2.87. The number of carbonyl (C=O) groups is 1. The molecule has 0 aliphatic carbocycles. The summed E-state index contributed by atoms with van der Waals surface area (Å²) in [6.07, 6.45) is 0. The van der Waals surface area contributed by atoms with Crippen LogP contribution in [-0.4, -0.2) is 12.5 Å². The molecule has 0 aliphatic heterocycles. The number of anilines is 2. The molecule has 0 spiro atoms. The monoisotopic (exact) mass is 296 g/mol. The zero-order valence-electron chi connectivity index (χ0n) is 10.1. The van der Waals surface area contributed by atoms with Gasteiger partial charge in [0.2, 0.25) is 5.91 Å². The van der Waals surface area contributed by atoms with Crippen LogP contribution in [0.2, 0.25) is 5.02 Å². The molecule has 0 saturated carbocycles. The molecule has 2 rings (SSSR count). The van der Waals surface area contributed by atoms with Gasteiger partial charge in [-0.15, -0.1) is 11.3 Å². The van der Waals surface area contributed by atoms with E-state index in [2.05, 4.69) is 5.32 Å². The van der Waals surface area contributed by atoms with Crippen LogP contribution < -0.4 is 11.1 Å². The molecule has 0 atom stereocenters. The molecule has 0 radical (unpaired) electrons. The van der Waals surface area contributed by atoms with Crippen molar-refractivity contribution in [2.75, 3.05) is 17.7 Å². The summed E-state index contributed by atoms with van der Waals surface area (Å²) in [6.45, 7) is 0.439. The Labute approximate surface area is 120 Å². The second-order valence-corrected chi connectivity index (χ2v) is 5.30. The molecule has 1 amide bonds. The fourth-order valence-electron chi connectivity index (χ4n) is 1.46. The van der Waals surface area contributed by atoms with Gasteiger partial charge in [0.15, 0.2) is 0 Å². The van der Waals surface area contributed by atoms with E-state index < -0.39 is 0 Å². The molecule has 4 nitrogen and oxygen atoms in total. The lowest BCUT2D eigenvalue weighted by atomic mass is 10.3. The molecule has 100 valence electrons. The lowest BCUT2D eigenvalue weighted by Crippen LogP contribution is -2.18. The Morgan fingerprint density at radius 1 is 1.42 bits per heavy atom. The van der Waals surface area contributed by atoms with E-state index in [9.17, 15) is 4.79 Å². The van der Waals surface area contributed by atoms with Crippen LogP contribution in [-0.2, 0) is 16.1 Å². The fraction of sp³-hybridized carbons (Fsp3) is 0.154. The third-order valence-corrected chi connectivity index (χ3v) is 3.53. The van der Waals surface area contributed by atoms with Crippen LogP contribution in [0.25, 0.3) is 0 Å². The minimum Gasteiger partial charge on any atom is -0.397 e. The van der Waals surface area contributed by atoms with Crippen molar-refractivity contribution in [3.63, 3.8) is 0 Å². The first-order valence-electron chi connectivity index (χ1n) is 5.60. The van der Waals surface area contributed by atoms with Crippen molar-refractivity contribution in [3.05, 3.63) is 45.6 Å². The van der Waals surface area contributed by atoms with Gasteiger partial charge in [-0.1, -0.05) is 17.7 Å². The van der Waals surface area contributed by atoms with Gasteiger partial charge in [0.1, 0.15) is 6.61 Å². The van der Waals surface area contributed by atoms with Crippen LogP contribution in [0.15, 0.2) is 35.7 Å². The Hall–Kier alpha value is -1.56. The van der Waals surface area contributed by atoms with Gasteiger partial charge in [-0.2, -0.15) is 0 Å². The maximum Gasteiger partial charge on any atom is 0.250 e. The summed E-state index contributed by atoms with van der Waals surface area (Å²) in [4.78, 5) is 12.7. The van der Waals surface area contributed by atoms with Crippen LogP contribution in [0, 0.1) is 0 Å². The first-order chi connectivity index (χ1) is 9.15. The summed E-state index contributed by atoms with van der Waals surface area (Å²) in [5.74, 6) is -0.224. The third kappa shape index (κ3) is 4.24. The number of benzene rings is 1. The minimum absolute atomic E-state index is 0.000428. The Morgan fingerprint density at radius 3 is 2.95 bits per heavy atom. The number of nitrogen functional groups attached to an aromatic ring is 1. The highest BCUT2D eigenvalue weighted by Gasteiger charge is 2.04. The lowest BCUT2D eigenvalue weighted by molar-refractivity contribution is -0.120. The number of thiophene rings is 1. The summed E-state index contributed by atoms with van der Waals surface area (Å²) in [5.41, 5.74) is 6.68. The molecule has 0 fully saturated rings. The molecule has 0 aliphatic rings. The van der Waals surface area contributed by atoms with Crippen molar-refractivity contribution in [1.29, 1.82) is 0 Å². The number of rotatable bonds is 5. The Bertz CT molecular complexity index is 558. The molecule has 19 heavy (non-hydrogen) atoms. The molecule has 1 aromatic heterocycles. The summed E-state index contributed by atoms with van der Waals surface area (Å²) in [7, 11) is 0. The van der Waals surface area contributed by atoms with Crippen LogP contribution in [0.1, 0.15) is 4.88 Å². The SMILES string of the molecule is Nc1cc(NC(=O)COCc2cccs2)ccc1Cl. The highest BCUT2D eigenvalue weighted by Crippen LogP contribution is 2.22. The van der Waals surface area contributed by atoms with E-state index in [0.29, 0.717) is 23.0 Å². The number of halogens is 1. The van der Waals surface area contributed by atoms with Gasteiger partial charge in [-0.25, -0.2) is 0 Å². The van der Waals surface area contributed by atoms with Crippen molar-refractivity contribution >= 4 is 40.2 Å². The first-order valence-corrected chi connectivity index (χ1v) is 6.86. The highest BCUT2D eigenvalue weighted by molar-refractivity contribution is 7.09. The number of hydrogen-bond donors (Lipinski definition) is 2. The first kappa shape index (κ1) is 13.9. The van der Waals surface area contributed by atoms with Crippen LogP contribution in [0.5, 0.6) is 0 Å². The fourth-order valence-corrected chi connectivity index (χ4v) is 2.22. The molecule has 1 heterocycles. The third-order valence-electron chi connectivity index (χ3n) is 2.34. The van der Waals surface area contributed by atoms with E-state index in [0.717, 1.165) is 4.88 Å². The van der Waals surface area contributed by atoms with Crippen molar-refractivity contribution in [1.82, 2.24) is 0 Å². The zero-order chi connectivity index (χ0) is 13.7. The minimum atomic E-state index is -0.224. The smallest absolute Gasteiger partial charge is 0.250 e. The van der Waals surface area contributed by atoms with Gasteiger partial charge < -0.3 is 15.8 Å². The summed E-state index contributed by atoms with van der Waals surface area (Å²) < 4.78 is 5.31. The quantitative estimate of drug-likeness (QED) is 0.833. The highest BCUT2D eigenvalue weighted by atomic mass is 35.5. The number of carbonyl (C=O) groups excluding carboxylic acids is 1. The standard InChI is InChI=1S/C13H13ClN2O2S/c14-11-4-3-9(6-12(11)15)16-13(17)8-18-7-10-2-1-5-19-10/h1-6H,7-8,15H2,(H,16,17). The normalized spacial score (nSPS) is 10.4. The maximum absolute atomic E-state index is 11.6. The summed E-state index contributed by atoms with van der Waals surface area (Å²) in [5, 5.41) is 5.12. The molecule has 6 heteroatoms. The molecule has 0 bridgehead atoms. The van der Waals surface area contributed by atoms with Crippen LogP contribution in [0.4, 0.5) is 11.4 Å². The number of hydrogen-bond acceptors (Lipinski definition) is 4. The van der Waals surface area contributed by atoms with Crippen molar-refractivity contribution < 1.29 is 9.53 Å². The topological polar surface area (TPSA) is 64.3 Å². The van der Waals surface area contributed by atoms with E-state index >= 15 is 0 Å². The summed E-state index contributed by atoms with van der Waals surface area (Å²) in [6, 6.07) is 8.84. The van der Waals surface area contributed by atoms with Gasteiger partial charge in [-0.3, -0.25) is 4.79 Å². The predicted molar refractivity (Wildman–Crippen MR) is 78.5 cm³/mol. The van der Waals surface area contributed by atoms with Gasteiger partial charge in [0.25, 0.3) is 0 Å². The van der Waals surface area contributed by atoms with E-state index in [1.165, 1.54) is 0 Å². The molecule has 0 unspecified atom stereocenters. The van der Waals surface area contributed by atoms with Crippen molar-refractivity contribution in [3.8, 4) is 0 Å². The van der Waals surface area contributed by atoms with Gasteiger partial charge in [0.05, 0.1) is 17.3 Å². The Morgan fingerprint density at radius 2 is 2.26 bits per heavy atom. The molecular formula is C13H13ClN2O2S. The Kier molecular flexibility index (Phi) is 4.79. The lowest BCUT2D eigenvalue weighted by Gasteiger charge is -2.07. The van der Waals surface area contributed by atoms with Gasteiger partial charge >= 0.3 is 0 Å². The molecule has 1 aromatic carbocycles. The van der Waals surface area contributed by atoms with Crippen molar-refractivity contribution in [2.45, 2.75) is 6.61 Å². The predicted octanol–water partition coefficient (Wildman–Crippen LogP) is 3.14. The molecular weight excluding hydrogens is 284 g/mol.